The number of sulfone groups is 1. The van der Waals surface area contributed by atoms with Crippen molar-refractivity contribution in [3.63, 3.8) is 0 Å². The number of ether oxygens (including phenoxy) is 1. The minimum Gasteiger partial charge on any atom is -0.381 e. The molecular weight excluding hydrogens is 248 g/mol. The molecule has 2 fully saturated rings. The van der Waals surface area contributed by atoms with Crippen LogP contribution in [0.1, 0.15) is 19.3 Å². The summed E-state index contributed by atoms with van der Waals surface area (Å²) in [5.41, 5.74) is 0. The molecule has 2 aliphatic rings. The van der Waals surface area contributed by atoms with E-state index in [9.17, 15) is 8.42 Å². The number of fused-ring (bicyclic) bond motifs is 1. The largest absolute Gasteiger partial charge is 0.381 e. The summed E-state index contributed by atoms with van der Waals surface area (Å²) in [4.78, 5) is 0.458. The van der Waals surface area contributed by atoms with Crippen molar-refractivity contribution in [3.05, 3.63) is 30.3 Å². The zero-order valence-electron chi connectivity index (χ0n) is 10.5. The van der Waals surface area contributed by atoms with E-state index in [2.05, 4.69) is 0 Å². The van der Waals surface area contributed by atoms with Crippen molar-refractivity contribution < 1.29 is 13.2 Å². The second-order valence-electron chi connectivity index (χ2n) is 5.27. The summed E-state index contributed by atoms with van der Waals surface area (Å²) >= 11 is 0. The van der Waals surface area contributed by atoms with Gasteiger partial charge in [0.15, 0.2) is 9.84 Å². The standard InChI is InChI=1S/C14H18O3S/c1-17-12-9-5-8-11-13(12)14(11)18(15,16)10-6-3-2-4-7-10/h2-4,6-7,11-14H,5,8-9H2,1H3. The maximum Gasteiger partial charge on any atom is 0.181 e. The van der Waals surface area contributed by atoms with Crippen molar-refractivity contribution in [3.8, 4) is 0 Å². The Bertz CT molecular complexity index is 523. The third kappa shape index (κ3) is 1.79. The first-order chi connectivity index (χ1) is 8.66. The zero-order chi connectivity index (χ0) is 12.8. The highest BCUT2D eigenvalue weighted by Crippen LogP contribution is 2.55. The molecule has 0 heterocycles. The van der Waals surface area contributed by atoms with Gasteiger partial charge in [0.2, 0.25) is 0 Å². The second-order valence-corrected chi connectivity index (χ2v) is 7.37. The molecule has 3 nitrogen and oxygen atoms in total. The lowest BCUT2D eigenvalue weighted by Gasteiger charge is -2.18. The van der Waals surface area contributed by atoms with Gasteiger partial charge in [0, 0.05) is 13.0 Å². The van der Waals surface area contributed by atoms with Gasteiger partial charge in [-0.15, -0.1) is 0 Å². The van der Waals surface area contributed by atoms with Gasteiger partial charge in [-0.2, -0.15) is 0 Å². The molecule has 1 aromatic carbocycles. The molecular formula is C14H18O3S. The lowest BCUT2D eigenvalue weighted by molar-refractivity contribution is 0.0591. The van der Waals surface area contributed by atoms with Crippen molar-refractivity contribution >= 4 is 9.84 Å². The minimum absolute atomic E-state index is 0.132. The normalized spacial score (nSPS) is 34.9. The lowest BCUT2D eigenvalue weighted by Crippen LogP contribution is -2.20. The first-order valence-corrected chi connectivity index (χ1v) is 8.02. The van der Waals surface area contributed by atoms with Crippen LogP contribution in [0.3, 0.4) is 0 Å². The average Bonchev–Trinajstić information content (AvgIpc) is 3.14. The molecule has 0 bridgehead atoms. The van der Waals surface area contributed by atoms with E-state index in [4.69, 9.17) is 4.74 Å². The molecule has 4 unspecified atom stereocenters. The van der Waals surface area contributed by atoms with Gasteiger partial charge in [-0.05, 0) is 30.9 Å². The van der Waals surface area contributed by atoms with Crippen LogP contribution in [0.2, 0.25) is 0 Å². The van der Waals surface area contributed by atoms with Crippen LogP contribution in [-0.4, -0.2) is 26.9 Å². The van der Waals surface area contributed by atoms with E-state index in [1.54, 1.807) is 31.4 Å². The van der Waals surface area contributed by atoms with Crippen LogP contribution in [-0.2, 0) is 14.6 Å². The molecule has 4 atom stereocenters. The summed E-state index contributed by atoms with van der Waals surface area (Å²) in [6.45, 7) is 0. The highest BCUT2D eigenvalue weighted by atomic mass is 32.2. The number of rotatable bonds is 3. The first-order valence-electron chi connectivity index (χ1n) is 6.48. The van der Waals surface area contributed by atoms with Gasteiger partial charge in [-0.25, -0.2) is 8.42 Å². The molecule has 2 aliphatic carbocycles. The maximum absolute atomic E-state index is 12.6. The van der Waals surface area contributed by atoms with Crippen LogP contribution in [0.4, 0.5) is 0 Å². The highest BCUT2D eigenvalue weighted by Gasteiger charge is 2.62. The third-order valence-corrected chi connectivity index (χ3v) is 6.65. The van der Waals surface area contributed by atoms with E-state index in [0.29, 0.717) is 10.8 Å². The Balaban J connectivity index is 1.89. The zero-order valence-corrected chi connectivity index (χ0v) is 11.3. The second kappa shape index (κ2) is 4.35. The minimum atomic E-state index is -3.17. The fraction of sp³-hybridized carbons (Fsp3) is 0.571. The van der Waals surface area contributed by atoms with E-state index in [-0.39, 0.29) is 17.3 Å². The van der Waals surface area contributed by atoms with E-state index in [1.807, 2.05) is 6.07 Å². The Morgan fingerprint density at radius 2 is 1.89 bits per heavy atom. The molecule has 1 aromatic rings. The summed E-state index contributed by atoms with van der Waals surface area (Å²) in [6, 6.07) is 8.80. The van der Waals surface area contributed by atoms with Crippen LogP contribution < -0.4 is 0 Å². The SMILES string of the molecule is COC1CCCC2C1C2S(=O)(=O)c1ccccc1. The van der Waals surface area contributed by atoms with Crippen LogP contribution in [0, 0.1) is 11.8 Å². The molecule has 0 saturated heterocycles. The van der Waals surface area contributed by atoms with Crippen molar-refractivity contribution in [2.75, 3.05) is 7.11 Å². The van der Waals surface area contributed by atoms with Gasteiger partial charge < -0.3 is 4.74 Å². The van der Waals surface area contributed by atoms with Gasteiger partial charge >= 0.3 is 0 Å². The maximum atomic E-state index is 12.6. The van der Waals surface area contributed by atoms with Crippen molar-refractivity contribution in [1.29, 1.82) is 0 Å². The summed E-state index contributed by atoms with van der Waals surface area (Å²) < 4.78 is 30.6. The fourth-order valence-corrected chi connectivity index (χ4v) is 5.77. The molecule has 98 valence electrons. The lowest BCUT2D eigenvalue weighted by atomic mass is 9.98. The monoisotopic (exact) mass is 266 g/mol. The highest BCUT2D eigenvalue weighted by molar-refractivity contribution is 7.92. The molecule has 0 aliphatic heterocycles. The first kappa shape index (κ1) is 12.2. The van der Waals surface area contributed by atoms with Crippen LogP contribution in [0.25, 0.3) is 0 Å². The molecule has 4 heteroatoms. The summed E-state index contributed by atoms with van der Waals surface area (Å²) in [5, 5.41) is -0.215. The predicted octanol–water partition coefficient (Wildman–Crippen LogP) is 2.27. The molecule has 2 saturated carbocycles. The Kier molecular flexibility index (Phi) is 2.94. The molecule has 0 aromatic heterocycles. The van der Waals surface area contributed by atoms with Crippen LogP contribution >= 0.6 is 0 Å². The molecule has 0 amide bonds. The Morgan fingerprint density at radius 3 is 2.56 bits per heavy atom. The van der Waals surface area contributed by atoms with Gasteiger partial charge in [0.05, 0.1) is 16.2 Å². The predicted molar refractivity (Wildman–Crippen MR) is 69.0 cm³/mol. The summed E-state index contributed by atoms with van der Waals surface area (Å²) in [6.07, 6.45) is 3.24. The molecule has 0 radical (unpaired) electrons. The molecule has 0 N–H and O–H groups in total. The third-order valence-electron chi connectivity index (χ3n) is 4.34. The van der Waals surface area contributed by atoms with E-state index >= 15 is 0 Å². The van der Waals surface area contributed by atoms with Crippen molar-refractivity contribution in [1.82, 2.24) is 0 Å². The smallest absolute Gasteiger partial charge is 0.181 e. The Morgan fingerprint density at radius 1 is 1.17 bits per heavy atom. The van der Waals surface area contributed by atoms with E-state index in [0.717, 1.165) is 19.3 Å². The Labute approximate surface area is 108 Å². The number of methoxy groups -OCH3 is 1. The van der Waals surface area contributed by atoms with Gasteiger partial charge in [-0.1, -0.05) is 24.6 Å². The average molecular weight is 266 g/mol. The van der Waals surface area contributed by atoms with Gasteiger partial charge in [0.25, 0.3) is 0 Å². The molecule has 0 spiro atoms. The number of hydrogen-bond donors (Lipinski definition) is 0. The van der Waals surface area contributed by atoms with Crippen molar-refractivity contribution in [2.45, 2.75) is 35.5 Å². The van der Waals surface area contributed by atoms with Crippen LogP contribution in [0.15, 0.2) is 35.2 Å². The van der Waals surface area contributed by atoms with Gasteiger partial charge in [0.1, 0.15) is 0 Å². The number of benzene rings is 1. The van der Waals surface area contributed by atoms with E-state index in [1.165, 1.54) is 0 Å². The Hall–Kier alpha value is -0.870. The van der Waals surface area contributed by atoms with Crippen LogP contribution in [0.5, 0.6) is 0 Å². The number of hydrogen-bond acceptors (Lipinski definition) is 3. The summed E-state index contributed by atoms with van der Waals surface area (Å²) in [5.74, 6) is 0.530. The fourth-order valence-electron chi connectivity index (χ4n) is 3.44. The molecule has 18 heavy (non-hydrogen) atoms. The quantitative estimate of drug-likeness (QED) is 0.843. The van der Waals surface area contributed by atoms with Gasteiger partial charge in [-0.3, -0.25) is 0 Å². The molecule has 3 rings (SSSR count). The topological polar surface area (TPSA) is 43.4 Å². The summed E-state index contributed by atoms with van der Waals surface area (Å²) in [7, 11) is -1.48. The van der Waals surface area contributed by atoms with Crippen molar-refractivity contribution in [2.24, 2.45) is 11.8 Å². The van der Waals surface area contributed by atoms with E-state index < -0.39 is 9.84 Å².